The zero-order valence-corrected chi connectivity index (χ0v) is 11.8. The molecule has 0 bridgehead atoms. The van der Waals surface area contributed by atoms with Crippen molar-refractivity contribution in [2.75, 3.05) is 10.6 Å². The number of nitrogens with zero attached hydrogens (tertiary/aromatic N) is 2. The molecular weight excluding hydrogens is 284 g/mol. The summed E-state index contributed by atoms with van der Waals surface area (Å²) in [5, 5.41) is 8.20. The van der Waals surface area contributed by atoms with E-state index in [0.717, 1.165) is 5.69 Å². The summed E-state index contributed by atoms with van der Waals surface area (Å²) in [7, 11) is 0. The molecule has 3 aromatic rings. The molecule has 0 radical (unpaired) electrons. The van der Waals surface area contributed by atoms with Gasteiger partial charge < -0.3 is 10.6 Å². The first-order valence-corrected chi connectivity index (χ1v) is 7.19. The minimum absolute atomic E-state index is 0.230. The molecule has 5 nitrogen and oxygen atoms in total. The summed E-state index contributed by atoms with van der Waals surface area (Å²) in [4.78, 5) is 20.5. The van der Waals surface area contributed by atoms with Crippen molar-refractivity contribution in [2.24, 2.45) is 0 Å². The Kier molecular flexibility index (Phi) is 3.88. The Morgan fingerprint density at radius 1 is 1.05 bits per heavy atom. The Balaban J connectivity index is 1.68. The van der Waals surface area contributed by atoms with Gasteiger partial charge in [0.15, 0.2) is 5.13 Å². The van der Waals surface area contributed by atoms with E-state index in [9.17, 15) is 4.79 Å². The first kappa shape index (κ1) is 13.3. The van der Waals surface area contributed by atoms with E-state index < -0.39 is 0 Å². The van der Waals surface area contributed by atoms with Crippen LogP contribution in [0, 0.1) is 0 Å². The number of aromatic nitrogens is 2. The van der Waals surface area contributed by atoms with Crippen molar-refractivity contribution in [3.8, 4) is 0 Å². The molecule has 0 atom stereocenters. The summed E-state index contributed by atoms with van der Waals surface area (Å²) in [6, 6.07) is 14.8. The van der Waals surface area contributed by atoms with E-state index in [1.54, 1.807) is 11.6 Å². The molecule has 0 unspecified atom stereocenters. The van der Waals surface area contributed by atoms with Gasteiger partial charge in [0.25, 0.3) is 5.91 Å². The van der Waals surface area contributed by atoms with E-state index in [4.69, 9.17) is 0 Å². The molecule has 2 N–H and O–H groups in total. The third kappa shape index (κ3) is 3.43. The van der Waals surface area contributed by atoms with Crippen LogP contribution in [-0.4, -0.2) is 15.9 Å². The Labute approximate surface area is 125 Å². The van der Waals surface area contributed by atoms with Gasteiger partial charge in [-0.2, -0.15) is 0 Å². The minimum atomic E-state index is -0.230. The van der Waals surface area contributed by atoms with E-state index in [2.05, 4.69) is 20.6 Å². The van der Waals surface area contributed by atoms with Gasteiger partial charge in [-0.05, 0) is 24.3 Å². The van der Waals surface area contributed by atoms with Crippen LogP contribution in [-0.2, 0) is 0 Å². The molecule has 2 heterocycles. The van der Waals surface area contributed by atoms with E-state index in [-0.39, 0.29) is 5.91 Å². The van der Waals surface area contributed by atoms with Gasteiger partial charge in [-0.3, -0.25) is 4.79 Å². The van der Waals surface area contributed by atoms with E-state index in [1.165, 1.54) is 11.3 Å². The van der Waals surface area contributed by atoms with Gasteiger partial charge in [-0.15, -0.1) is 11.3 Å². The Hall–Kier alpha value is -2.73. The molecule has 0 fully saturated rings. The van der Waals surface area contributed by atoms with Gasteiger partial charge in [0.2, 0.25) is 0 Å². The maximum absolute atomic E-state index is 12.1. The van der Waals surface area contributed by atoms with Crippen molar-refractivity contribution in [2.45, 2.75) is 0 Å². The van der Waals surface area contributed by atoms with Gasteiger partial charge in [-0.25, -0.2) is 9.97 Å². The molecule has 0 saturated heterocycles. The number of rotatable bonds is 4. The molecule has 21 heavy (non-hydrogen) atoms. The number of amides is 1. The summed E-state index contributed by atoms with van der Waals surface area (Å²) in [6.45, 7) is 0. The molecule has 0 aliphatic rings. The fourth-order valence-corrected chi connectivity index (χ4v) is 2.40. The first-order chi connectivity index (χ1) is 10.3. The third-order valence-electron chi connectivity index (χ3n) is 2.67. The summed E-state index contributed by atoms with van der Waals surface area (Å²) in [6.07, 6.45) is 1.69. The maximum Gasteiger partial charge on any atom is 0.275 e. The summed E-state index contributed by atoms with van der Waals surface area (Å²) >= 11 is 1.36. The molecule has 104 valence electrons. The average Bonchev–Trinajstić information content (AvgIpc) is 2.98. The first-order valence-electron chi connectivity index (χ1n) is 6.31. The number of hydrogen-bond donors (Lipinski definition) is 2. The van der Waals surface area contributed by atoms with Crippen LogP contribution in [0.1, 0.15) is 10.5 Å². The van der Waals surface area contributed by atoms with Crippen molar-refractivity contribution in [3.63, 3.8) is 0 Å². The number of nitrogens with one attached hydrogen (secondary N) is 2. The molecular formula is C15H12N4OS. The highest BCUT2D eigenvalue weighted by Crippen LogP contribution is 2.20. The number of pyridine rings is 1. The molecule has 1 aromatic carbocycles. The number of carbonyl (C=O) groups is 1. The Bertz CT molecular complexity index is 728. The molecule has 6 heteroatoms. The molecule has 1 amide bonds. The van der Waals surface area contributed by atoms with Crippen molar-refractivity contribution >= 4 is 33.9 Å². The zero-order valence-electron chi connectivity index (χ0n) is 11.0. The second-order valence-corrected chi connectivity index (χ2v) is 5.06. The SMILES string of the molecule is O=C(Nc1ccccc1)c1csc(Nc2ccccn2)n1. The summed E-state index contributed by atoms with van der Waals surface area (Å²) in [5.41, 5.74) is 1.12. The quantitative estimate of drug-likeness (QED) is 0.773. The van der Waals surface area contributed by atoms with Crippen LogP contribution >= 0.6 is 11.3 Å². The Morgan fingerprint density at radius 2 is 1.86 bits per heavy atom. The predicted molar refractivity (Wildman–Crippen MR) is 84.0 cm³/mol. The summed E-state index contributed by atoms with van der Waals surface area (Å²) in [5.74, 6) is 0.466. The van der Waals surface area contributed by atoms with Crippen molar-refractivity contribution in [1.82, 2.24) is 9.97 Å². The topological polar surface area (TPSA) is 66.9 Å². The van der Waals surface area contributed by atoms with Gasteiger partial charge in [0.05, 0.1) is 0 Å². The van der Waals surface area contributed by atoms with Crippen LogP contribution < -0.4 is 10.6 Å². The number of anilines is 3. The van der Waals surface area contributed by atoms with Crippen molar-refractivity contribution < 1.29 is 4.79 Å². The number of hydrogen-bond acceptors (Lipinski definition) is 5. The van der Waals surface area contributed by atoms with Crippen molar-refractivity contribution in [1.29, 1.82) is 0 Å². The summed E-state index contributed by atoms with van der Waals surface area (Å²) < 4.78 is 0. The molecule has 2 aromatic heterocycles. The van der Waals surface area contributed by atoms with Crippen molar-refractivity contribution in [3.05, 3.63) is 65.8 Å². The third-order valence-corrected chi connectivity index (χ3v) is 3.43. The number of carbonyl (C=O) groups excluding carboxylic acids is 1. The van der Waals surface area contributed by atoms with Gasteiger partial charge in [-0.1, -0.05) is 24.3 Å². The standard InChI is InChI=1S/C15H12N4OS/c20-14(17-11-6-2-1-3-7-11)12-10-21-15(18-12)19-13-8-4-5-9-16-13/h1-10H,(H,17,20)(H,16,18,19). The largest absolute Gasteiger partial charge is 0.321 e. The smallest absolute Gasteiger partial charge is 0.275 e. The Morgan fingerprint density at radius 3 is 2.62 bits per heavy atom. The fraction of sp³-hybridized carbons (Fsp3) is 0. The lowest BCUT2D eigenvalue weighted by atomic mass is 10.3. The van der Waals surface area contributed by atoms with E-state index in [0.29, 0.717) is 16.6 Å². The molecule has 3 rings (SSSR count). The predicted octanol–water partition coefficient (Wildman–Crippen LogP) is 3.53. The normalized spacial score (nSPS) is 10.1. The molecule has 0 saturated carbocycles. The average molecular weight is 296 g/mol. The van der Waals surface area contributed by atoms with Crippen LogP contribution in [0.2, 0.25) is 0 Å². The number of thiazole rings is 1. The molecule has 0 aliphatic carbocycles. The lowest BCUT2D eigenvalue weighted by Crippen LogP contribution is -2.12. The monoisotopic (exact) mass is 296 g/mol. The number of benzene rings is 1. The number of para-hydroxylation sites is 1. The second-order valence-electron chi connectivity index (χ2n) is 4.20. The van der Waals surface area contributed by atoms with Crippen LogP contribution in [0.4, 0.5) is 16.6 Å². The minimum Gasteiger partial charge on any atom is -0.321 e. The lowest BCUT2D eigenvalue weighted by molar-refractivity contribution is 0.102. The van der Waals surface area contributed by atoms with Gasteiger partial charge in [0.1, 0.15) is 11.5 Å². The van der Waals surface area contributed by atoms with Crippen LogP contribution in [0.25, 0.3) is 0 Å². The van der Waals surface area contributed by atoms with Crippen LogP contribution in [0.5, 0.6) is 0 Å². The molecule has 0 aliphatic heterocycles. The fourth-order valence-electron chi connectivity index (χ4n) is 1.70. The zero-order chi connectivity index (χ0) is 14.5. The van der Waals surface area contributed by atoms with Gasteiger partial charge in [0, 0.05) is 17.3 Å². The molecule has 0 spiro atoms. The van der Waals surface area contributed by atoms with Crippen LogP contribution in [0.3, 0.4) is 0 Å². The lowest BCUT2D eigenvalue weighted by Gasteiger charge is -2.02. The van der Waals surface area contributed by atoms with E-state index >= 15 is 0 Å². The van der Waals surface area contributed by atoms with Gasteiger partial charge >= 0.3 is 0 Å². The highest BCUT2D eigenvalue weighted by molar-refractivity contribution is 7.14. The second kappa shape index (κ2) is 6.15. The highest BCUT2D eigenvalue weighted by atomic mass is 32.1. The maximum atomic E-state index is 12.1. The van der Waals surface area contributed by atoms with E-state index in [1.807, 2.05) is 48.5 Å². The van der Waals surface area contributed by atoms with Crippen LogP contribution in [0.15, 0.2) is 60.1 Å². The highest BCUT2D eigenvalue weighted by Gasteiger charge is 2.11.